The molecule has 1 aromatic carbocycles. The fourth-order valence-corrected chi connectivity index (χ4v) is 2.59. The van der Waals surface area contributed by atoms with Gasteiger partial charge in [0.05, 0.1) is 12.6 Å². The first-order valence-electron chi connectivity index (χ1n) is 6.85. The molecule has 1 saturated heterocycles. The number of carbonyl (C=O) groups is 1. The van der Waals surface area contributed by atoms with E-state index in [2.05, 4.69) is 5.32 Å². The number of rotatable bonds is 5. The number of hydrogen-bond acceptors (Lipinski definition) is 3. The van der Waals surface area contributed by atoms with Crippen molar-refractivity contribution in [3.63, 3.8) is 0 Å². The van der Waals surface area contributed by atoms with Gasteiger partial charge >= 0.3 is 0 Å². The first-order chi connectivity index (χ1) is 9.54. The summed E-state index contributed by atoms with van der Waals surface area (Å²) in [5.74, 6) is 0.391. The van der Waals surface area contributed by atoms with E-state index in [1.807, 2.05) is 43.0 Å². The molecule has 2 unspecified atom stereocenters. The van der Waals surface area contributed by atoms with Crippen molar-refractivity contribution in [1.82, 2.24) is 10.2 Å². The number of nitrogens with zero attached hydrogens (tertiary/aromatic N) is 1. The summed E-state index contributed by atoms with van der Waals surface area (Å²) in [5.41, 5.74) is 1.04. The molecule has 2 atom stereocenters. The number of benzene rings is 1. The van der Waals surface area contributed by atoms with Gasteiger partial charge in [-0.05, 0) is 23.6 Å². The van der Waals surface area contributed by atoms with Crippen LogP contribution in [0.3, 0.4) is 0 Å². The van der Waals surface area contributed by atoms with Gasteiger partial charge in [0.1, 0.15) is 6.17 Å². The van der Waals surface area contributed by atoms with Gasteiger partial charge in [0.15, 0.2) is 0 Å². The van der Waals surface area contributed by atoms with Gasteiger partial charge in [0.2, 0.25) is 5.91 Å². The first kappa shape index (κ1) is 15.3. The molecule has 0 aromatic heterocycles. The van der Waals surface area contributed by atoms with Gasteiger partial charge in [-0.25, -0.2) is 0 Å². The average Bonchev–Trinajstić information content (AvgIpc) is 2.75. The largest absolute Gasteiger partial charge is 0.383 e. The fraction of sp³-hybridized carbons (Fsp3) is 0.533. The molecule has 0 radical (unpaired) electrons. The third-order valence-corrected chi connectivity index (χ3v) is 3.84. The van der Waals surface area contributed by atoms with Gasteiger partial charge in [-0.15, -0.1) is 0 Å². The normalized spacial score (nSPS) is 22.9. The van der Waals surface area contributed by atoms with Crippen molar-refractivity contribution < 1.29 is 9.53 Å². The number of ether oxygens (including phenoxy) is 1. The van der Waals surface area contributed by atoms with Gasteiger partial charge in [0, 0.05) is 18.7 Å². The first-order valence-corrected chi connectivity index (χ1v) is 7.23. The number of amides is 1. The van der Waals surface area contributed by atoms with Crippen LogP contribution in [0.1, 0.15) is 25.6 Å². The van der Waals surface area contributed by atoms with Crippen molar-refractivity contribution in [3.05, 3.63) is 34.9 Å². The minimum atomic E-state index is -0.146. The number of hydrogen-bond donors (Lipinski definition) is 1. The maximum atomic E-state index is 12.5. The molecule has 1 aliphatic heterocycles. The molecule has 2 rings (SSSR count). The van der Waals surface area contributed by atoms with Crippen molar-refractivity contribution in [2.45, 2.75) is 26.1 Å². The SMILES string of the molecule is COCCN1C(=O)C(C(C)C)NC1c1ccc(Cl)cc1. The quantitative estimate of drug-likeness (QED) is 0.907. The molecule has 0 bridgehead atoms. The lowest BCUT2D eigenvalue weighted by molar-refractivity contribution is -0.131. The van der Waals surface area contributed by atoms with Crippen LogP contribution in [-0.4, -0.2) is 37.1 Å². The topological polar surface area (TPSA) is 41.6 Å². The maximum Gasteiger partial charge on any atom is 0.241 e. The Morgan fingerprint density at radius 3 is 2.55 bits per heavy atom. The van der Waals surface area contributed by atoms with Crippen LogP contribution in [0, 0.1) is 5.92 Å². The van der Waals surface area contributed by atoms with Crippen LogP contribution in [0.2, 0.25) is 5.02 Å². The van der Waals surface area contributed by atoms with Gasteiger partial charge < -0.3 is 9.64 Å². The second-order valence-corrected chi connectivity index (χ2v) is 5.80. The maximum absolute atomic E-state index is 12.5. The molecular weight excluding hydrogens is 276 g/mol. The predicted molar refractivity (Wildman–Crippen MR) is 79.5 cm³/mol. The molecule has 0 saturated carbocycles. The third kappa shape index (κ3) is 3.14. The van der Waals surface area contributed by atoms with Gasteiger partial charge in [0.25, 0.3) is 0 Å². The van der Waals surface area contributed by atoms with Crippen LogP contribution in [0.5, 0.6) is 0 Å². The monoisotopic (exact) mass is 296 g/mol. The van der Waals surface area contributed by atoms with E-state index >= 15 is 0 Å². The van der Waals surface area contributed by atoms with E-state index < -0.39 is 0 Å². The Morgan fingerprint density at radius 2 is 2.00 bits per heavy atom. The van der Waals surface area contributed by atoms with Crippen molar-refractivity contribution >= 4 is 17.5 Å². The minimum Gasteiger partial charge on any atom is -0.383 e. The number of nitrogens with one attached hydrogen (secondary N) is 1. The Kier molecular flexibility index (Phi) is 5.02. The molecule has 110 valence electrons. The summed E-state index contributed by atoms with van der Waals surface area (Å²) in [6, 6.07) is 7.46. The molecule has 1 N–H and O–H groups in total. The van der Waals surface area contributed by atoms with E-state index in [4.69, 9.17) is 16.3 Å². The molecule has 1 aromatic rings. The Bertz CT molecular complexity index is 461. The summed E-state index contributed by atoms with van der Waals surface area (Å²) in [5, 5.41) is 4.11. The van der Waals surface area contributed by atoms with Crippen LogP contribution in [0.4, 0.5) is 0 Å². The molecule has 0 aliphatic carbocycles. The molecule has 20 heavy (non-hydrogen) atoms. The zero-order chi connectivity index (χ0) is 14.7. The molecular formula is C15H21ClN2O2. The summed E-state index contributed by atoms with van der Waals surface area (Å²) < 4.78 is 5.11. The third-order valence-electron chi connectivity index (χ3n) is 3.59. The molecule has 1 amide bonds. The highest BCUT2D eigenvalue weighted by Gasteiger charge is 2.40. The minimum absolute atomic E-state index is 0.109. The van der Waals surface area contributed by atoms with Crippen molar-refractivity contribution in [2.24, 2.45) is 5.92 Å². The van der Waals surface area contributed by atoms with Crippen LogP contribution >= 0.6 is 11.6 Å². The van der Waals surface area contributed by atoms with Gasteiger partial charge in [-0.1, -0.05) is 37.6 Å². The second kappa shape index (κ2) is 6.57. The number of carbonyl (C=O) groups excluding carboxylic acids is 1. The number of halogens is 1. The summed E-state index contributed by atoms with van der Waals surface area (Å²) in [7, 11) is 1.64. The smallest absolute Gasteiger partial charge is 0.241 e. The Hall–Kier alpha value is -1.10. The van der Waals surface area contributed by atoms with E-state index in [1.165, 1.54) is 0 Å². The summed E-state index contributed by atoms with van der Waals surface area (Å²) in [4.78, 5) is 14.3. The highest BCUT2D eigenvalue weighted by atomic mass is 35.5. The van der Waals surface area contributed by atoms with Gasteiger partial charge in [-0.2, -0.15) is 0 Å². The standard InChI is InChI=1S/C15H21ClN2O2/c1-10(2)13-15(19)18(8-9-20-3)14(17-13)11-4-6-12(16)7-5-11/h4-7,10,13-14,17H,8-9H2,1-3H3. The fourth-order valence-electron chi connectivity index (χ4n) is 2.47. The average molecular weight is 297 g/mol. The van der Waals surface area contributed by atoms with Crippen LogP contribution < -0.4 is 5.32 Å². The Labute approximate surface area is 125 Å². The number of methoxy groups -OCH3 is 1. The summed E-state index contributed by atoms with van der Waals surface area (Å²) in [6.07, 6.45) is -0.109. The van der Waals surface area contributed by atoms with Crippen molar-refractivity contribution in [1.29, 1.82) is 0 Å². The zero-order valence-electron chi connectivity index (χ0n) is 12.1. The lowest BCUT2D eigenvalue weighted by atomic mass is 10.1. The Morgan fingerprint density at radius 1 is 1.35 bits per heavy atom. The van der Waals surface area contributed by atoms with Crippen LogP contribution in [0.25, 0.3) is 0 Å². The predicted octanol–water partition coefficient (Wildman–Crippen LogP) is 2.44. The lowest BCUT2D eigenvalue weighted by Crippen LogP contribution is -2.35. The van der Waals surface area contributed by atoms with Crippen LogP contribution in [-0.2, 0) is 9.53 Å². The molecule has 5 heteroatoms. The summed E-state index contributed by atoms with van der Waals surface area (Å²) >= 11 is 5.93. The summed E-state index contributed by atoms with van der Waals surface area (Å²) in [6.45, 7) is 5.21. The van der Waals surface area contributed by atoms with E-state index in [9.17, 15) is 4.79 Å². The van der Waals surface area contributed by atoms with Gasteiger partial charge in [-0.3, -0.25) is 10.1 Å². The molecule has 1 heterocycles. The highest BCUT2D eigenvalue weighted by molar-refractivity contribution is 6.30. The van der Waals surface area contributed by atoms with Crippen LogP contribution in [0.15, 0.2) is 24.3 Å². The van der Waals surface area contributed by atoms with Crippen molar-refractivity contribution in [2.75, 3.05) is 20.3 Å². The molecule has 0 spiro atoms. The van der Waals surface area contributed by atoms with E-state index in [-0.39, 0.29) is 24.0 Å². The van der Waals surface area contributed by atoms with E-state index in [0.29, 0.717) is 18.2 Å². The van der Waals surface area contributed by atoms with Crippen molar-refractivity contribution in [3.8, 4) is 0 Å². The molecule has 1 aliphatic rings. The van der Waals surface area contributed by atoms with E-state index in [0.717, 1.165) is 5.56 Å². The molecule has 4 nitrogen and oxygen atoms in total. The van der Waals surface area contributed by atoms with E-state index in [1.54, 1.807) is 7.11 Å². The molecule has 1 fully saturated rings. The second-order valence-electron chi connectivity index (χ2n) is 5.37. The lowest BCUT2D eigenvalue weighted by Gasteiger charge is -2.24. The highest BCUT2D eigenvalue weighted by Crippen LogP contribution is 2.28. The Balaban J connectivity index is 2.23. The zero-order valence-corrected chi connectivity index (χ0v) is 12.9.